The number of Topliss-reactive ketones (excluding diaryl/α,β-unsaturated/α-hetero) is 1. The third kappa shape index (κ3) is 4.13. The minimum Gasteiger partial charge on any atom is -0.294 e. The van der Waals surface area contributed by atoms with Gasteiger partial charge in [-0.2, -0.15) is 0 Å². The Hall–Kier alpha value is -0.0500. The number of carbonyl (C=O) groups excluding carboxylic acids is 1. The maximum Gasteiger partial charge on any atom is 0.165 e. The highest BCUT2D eigenvalue weighted by molar-refractivity contribution is 7.20. The van der Waals surface area contributed by atoms with E-state index in [-0.39, 0.29) is 5.78 Å². The van der Waals surface area contributed by atoms with E-state index in [1.165, 1.54) is 24.2 Å². The van der Waals surface area contributed by atoms with E-state index in [1.807, 2.05) is 0 Å². The van der Waals surface area contributed by atoms with Crippen LogP contribution in [0.5, 0.6) is 0 Å². The molecule has 1 aromatic rings. The number of halogens is 2. The van der Waals surface area contributed by atoms with Gasteiger partial charge in [0.2, 0.25) is 0 Å². The van der Waals surface area contributed by atoms with E-state index >= 15 is 0 Å². The van der Waals surface area contributed by atoms with E-state index in [0.717, 1.165) is 12.8 Å². The molecule has 84 valence electrons. The van der Waals surface area contributed by atoms with Crippen molar-refractivity contribution < 1.29 is 4.79 Å². The van der Waals surface area contributed by atoms with Crippen molar-refractivity contribution in [3.63, 3.8) is 0 Å². The predicted octanol–water partition coefficient (Wildman–Crippen LogP) is 5.21. The summed E-state index contributed by atoms with van der Waals surface area (Å²) < 4.78 is 1.09. The Morgan fingerprint density at radius 2 is 2.07 bits per heavy atom. The molecule has 0 aliphatic carbocycles. The van der Waals surface area contributed by atoms with Gasteiger partial charge in [-0.15, -0.1) is 11.3 Å². The summed E-state index contributed by atoms with van der Waals surface area (Å²) in [5.74, 6) is 0.110. The van der Waals surface area contributed by atoms with Gasteiger partial charge in [-0.1, -0.05) is 49.4 Å². The monoisotopic (exact) mass is 264 g/mol. The summed E-state index contributed by atoms with van der Waals surface area (Å²) in [6.45, 7) is 2.15. The van der Waals surface area contributed by atoms with Crippen molar-refractivity contribution in [2.24, 2.45) is 0 Å². The number of carbonyl (C=O) groups is 1. The van der Waals surface area contributed by atoms with Crippen molar-refractivity contribution in [2.75, 3.05) is 0 Å². The van der Waals surface area contributed by atoms with Crippen molar-refractivity contribution in [2.45, 2.75) is 39.0 Å². The van der Waals surface area contributed by atoms with Gasteiger partial charge in [0.25, 0.3) is 0 Å². The Morgan fingerprint density at radius 1 is 1.33 bits per heavy atom. The summed E-state index contributed by atoms with van der Waals surface area (Å²) in [5.41, 5.74) is 0.586. The van der Waals surface area contributed by atoms with Crippen LogP contribution in [0.3, 0.4) is 0 Å². The third-order valence-corrected chi connectivity index (χ3v) is 3.70. The summed E-state index contributed by atoms with van der Waals surface area (Å²) in [6.07, 6.45) is 4.99. The van der Waals surface area contributed by atoms with Gasteiger partial charge in [0.05, 0.1) is 4.34 Å². The molecule has 0 amide bonds. The summed E-state index contributed by atoms with van der Waals surface area (Å²) >= 11 is 12.9. The first kappa shape index (κ1) is 13.0. The summed E-state index contributed by atoms with van der Waals surface area (Å²) in [5, 5.41) is 0. The van der Waals surface area contributed by atoms with Gasteiger partial charge in [-0.05, 0) is 12.5 Å². The minimum absolute atomic E-state index is 0.110. The topological polar surface area (TPSA) is 17.1 Å². The van der Waals surface area contributed by atoms with Crippen LogP contribution >= 0.6 is 34.5 Å². The molecule has 1 heterocycles. The van der Waals surface area contributed by atoms with Crippen molar-refractivity contribution >= 4 is 40.3 Å². The lowest BCUT2D eigenvalue weighted by Gasteiger charge is -1.98. The molecule has 0 radical (unpaired) electrons. The number of unbranched alkanes of at least 4 members (excludes halogenated alkanes) is 3. The first-order chi connectivity index (χ1) is 7.15. The molecule has 0 atom stereocenters. The number of hydrogen-bond donors (Lipinski definition) is 0. The standard InChI is InChI=1S/C11H14Cl2OS/c1-2-3-4-5-6-9(14)8-7-10(12)15-11(8)13/h7H,2-6H2,1H3. The molecule has 0 saturated heterocycles. The fourth-order valence-electron chi connectivity index (χ4n) is 1.38. The maximum atomic E-state index is 11.7. The molecule has 4 heteroatoms. The number of thiophene rings is 1. The fraction of sp³-hybridized carbons (Fsp3) is 0.545. The van der Waals surface area contributed by atoms with Crippen LogP contribution in [-0.2, 0) is 0 Å². The fourth-order valence-corrected chi connectivity index (χ4v) is 2.88. The Balaban J connectivity index is 2.43. The molecule has 0 bridgehead atoms. The van der Waals surface area contributed by atoms with E-state index in [0.29, 0.717) is 20.7 Å². The highest BCUT2D eigenvalue weighted by atomic mass is 35.5. The van der Waals surface area contributed by atoms with Crippen LogP contribution in [0, 0.1) is 0 Å². The Morgan fingerprint density at radius 3 is 2.60 bits per heavy atom. The lowest BCUT2D eigenvalue weighted by molar-refractivity contribution is 0.0979. The zero-order valence-electron chi connectivity index (χ0n) is 8.69. The minimum atomic E-state index is 0.110. The van der Waals surface area contributed by atoms with E-state index in [2.05, 4.69) is 6.92 Å². The molecule has 0 unspecified atom stereocenters. The molecule has 0 aliphatic heterocycles. The third-order valence-electron chi connectivity index (χ3n) is 2.21. The van der Waals surface area contributed by atoms with Crippen molar-refractivity contribution in [1.82, 2.24) is 0 Å². The molecule has 1 rings (SSSR count). The lowest BCUT2D eigenvalue weighted by Crippen LogP contribution is -1.97. The van der Waals surface area contributed by atoms with Gasteiger partial charge in [0, 0.05) is 12.0 Å². The molecule has 0 N–H and O–H groups in total. The molecule has 0 spiro atoms. The number of hydrogen-bond acceptors (Lipinski definition) is 2. The van der Waals surface area contributed by atoms with E-state index in [1.54, 1.807) is 6.07 Å². The molecule has 0 fully saturated rings. The van der Waals surface area contributed by atoms with Crippen LogP contribution < -0.4 is 0 Å². The van der Waals surface area contributed by atoms with Gasteiger partial charge < -0.3 is 0 Å². The molecular weight excluding hydrogens is 251 g/mol. The van der Waals surface area contributed by atoms with Crippen LogP contribution in [-0.4, -0.2) is 5.78 Å². The second-order valence-corrected chi connectivity index (χ2v) is 5.76. The summed E-state index contributed by atoms with van der Waals surface area (Å²) in [6, 6.07) is 1.66. The lowest BCUT2D eigenvalue weighted by atomic mass is 10.1. The largest absolute Gasteiger partial charge is 0.294 e. The Kier molecular flexibility index (Phi) is 5.65. The number of rotatable bonds is 6. The second kappa shape index (κ2) is 6.51. The number of ketones is 1. The van der Waals surface area contributed by atoms with Gasteiger partial charge >= 0.3 is 0 Å². The predicted molar refractivity (Wildman–Crippen MR) is 67.4 cm³/mol. The van der Waals surface area contributed by atoms with Gasteiger partial charge in [0.15, 0.2) is 5.78 Å². The first-order valence-electron chi connectivity index (χ1n) is 5.13. The van der Waals surface area contributed by atoms with E-state index < -0.39 is 0 Å². The molecule has 0 saturated carbocycles. The van der Waals surface area contributed by atoms with Gasteiger partial charge in [-0.25, -0.2) is 0 Å². The van der Waals surface area contributed by atoms with Crippen LogP contribution in [0.4, 0.5) is 0 Å². The quantitative estimate of drug-likeness (QED) is 0.509. The molecule has 0 aromatic carbocycles. The SMILES string of the molecule is CCCCCCC(=O)c1cc(Cl)sc1Cl. The maximum absolute atomic E-state index is 11.7. The van der Waals surface area contributed by atoms with E-state index in [9.17, 15) is 4.79 Å². The van der Waals surface area contributed by atoms with Gasteiger partial charge in [-0.3, -0.25) is 4.79 Å². The second-order valence-electron chi connectivity index (χ2n) is 3.47. The average molecular weight is 265 g/mol. The molecule has 0 aliphatic rings. The Labute approximate surface area is 104 Å². The molecular formula is C11H14Cl2OS. The Bertz CT molecular complexity index is 333. The van der Waals surface area contributed by atoms with Crippen LogP contribution in [0.1, 0.15) is 49.4 Å². The van der Waals surface area contributed by atoms with Crippen molar-refractivity contribution in [3.8, 4) is 0 Å². The zero-order valence-corrected chi connectivity index (χ0v) is 11.0. The first-order valence-corrected chi connectivity index (χ1v) is 6.70. The van der Waals surface area contributed by atoms with Crippen LogP contribution in [0.2, 0.25) is 8.67 Å². The summed E-state index contributed by atoms with van der Waals surface area (Å²) in [4.78, 5) is 11.7. The van der Waals surface area contributed by atoms with Crippen LogP contribution in [0.15, 0.2) is 6.07 Å². The summed E-state index contributed by atoms with van der Waals surface area (Å²) in [7, 11) is 0. The highest BCUT2D eigenvalue weighted by Crippen LogP contribution is 2.32. The zero-order chi connectivity index (χ0) is 11.3. The van der Waals surface area contributed by atoms with Crippen molar-refractivity contribution in [3.05, 3.63) is 20.3 Å². The van der Waals surface area contributed by atoms with Crippen molar-refractivity contribution in [1.29, 1.82) is 0 Å². The highest BCUT2D eigenvalue weighted by Gasteiger charge is 2.13. The van der Waals surface area contributed by atoms with Crippen LogP contribution in [0.25, 0.3) is 0 Å². The average Bonchev–Trinajstić information content (AvgIpc) is 2.52. The normalized spacial score (nSPS) is 10.6. The molecule has 15 heavy (non-hydrogen) atoms. The molecule has 1 aromatic heterocycles. The smallest absolute Gasteiger partial charge is 0.165 e. The van der Waals surface area contributed by atoms with Gasteiger partial charge in [0.1, 0.15) is 4.34 Å². The molecule has 1 nitrogen and oxygen atoms in total. The van der Waals surface area contributed by atoms with E-state index in [4.69, 9.17) is 23.2 Å².